The van der Waals surface area contributed by atoms with E-state index < -0.39 is 0 Å². The average molecular weight is 307 g/mol. The monoisotopic (exact) mass is 306 g/mol. The van der Waals surface area contributed by atoms with Gasteiger partial charge in [-0.2, -0.15) is 5.10 Å². The lowest BCUT2D eigenvalue weighted by atomic mass is 10.1. The number of ether oxygens (including phenoxy) is 1. The quantitative estimate of drug-likeness (QED) is 0.789. The normalized spacial score (nSPS) is 10.6. The van der Waals surface area contributed by atoms with Crippen molar-refractivity contribution in [3.8, 4) is 5.75 Å². The number of Topliss-reactive ketones (excluding diaryl/α,β-unsaturated/α-hetero) is 1. The molecule has 0 saturated heterocycles. The van der Waals surface area contributed by atoms with E-state index in [-0.39, 0.29) is 5.78 Å². The number of nitrogens with zero attached hydrogens (tertiary/aromatic N) is 2. The standard InChI is InChI=1S/C16H19ClN2O2/c1-3-14-16(17)15(19(2)18-14)11-12(20)9-10-21-13-7-5-4-6-8-13/h4-8H,3,9-11H2,1-2H3. The molecule has 0 radical (unpaired) electrons. The van der Waals surface area contributed by atoms with Gasteiger partial charge in [-0.15, -0.1) is 0 Å². The van der Waals surface area contributed by atoms with Crippen molar-refractivity contribution in [1.82, 2.24) is 9.78 Å². The molecule has 1 heterocycles. The molecule has 0 amide bonds. The van der Waals surface area contributed by atoms with E-state index in [9.17, 15) is 4.79 Å². The van der Waals surface area contributed by atoms with E-state index in [0.717, 1.165) is 23.6 Å². The van der Waals surface area contributed by atoms with Crippen LogP contribution in [0.3, 0.4) is 0 Å². The van der Waals surface area contributed by atoms with E-state index in [1.54, 1.807) is 4.68 Å². The van der Waals surface area contributed by atoms with Crippen molar-refractivity contribution in [2.75, 3.05) is 6.61 Å². The van der Waals surface area contributed by atoms with Crippen molar-refractivity contribution in [3.63, 3.8) is 0 Å². The fourth-order valence-electron chi connectivity index (χ4n) is 2.09. The van der Waals surface area contributed by atoms with E-state index in [1.165, 1.54) is 0 Å². The Morgan fingerprint density at radius 1 is 1.33 bits per heavy atom. The molecule has 0 saturated carbocycles. The zero-order valence-corrected chi connectivity index (χ0v) is 13.1. The molecular formula is C16H19ClN2O2. The molecule has 0 aliphatic rings. The molecule has 2 rings (SSSR count). The first-order valence-electron chi connectivity index (χ1n) is 7.01. The predicted octanol–water partition coefficient (Wildman–Crippen LogP) is 3.22. The summed E-state index contributed by atoms with van der Waals surface area (Å²) >= 11 is 6.24. The molecule has 0 unspecified atom stereocenters. The third-order valence-corrected chi connectivity index (χ3v) is 3.70. The molecule has 21 heavy (non-hydrogen) atoms. The van der Waals surface area contributed by atoms with Crippen molar-refractivity contribution < 1.29 is 9.53 Å². The topological polar surface area (TPSA) is 44.1 Å². The summed E-state index contributed by atoms with van der Waals surface area (Å²) in [5.41, 5.74) is 1.61. The van der Waals surface area contributed by atoms with Crippen LogP contribution >= 0.6 is 11.6 Å². The first kappa shape index (κ1) is 15.6. The number of hydrogen-bond acceptors (Lipinski definition) is 3. The second-order valence-corrected chi connectivity index (χ2v) is 5.19. The number of rotatable bonds is 7. The molecule has 0 aliphatic carbocycles. The summed E-state index contributed by atoms with van der Waals surface area (Å²) in [6.07, 6.45) is 1.41. The zero-order chi connectivity index (χ0) is 15.2. The number of carbonyl (C=O) groups is 1. The number of benzene rings is 1. The van der Waals surface area contributed by atoms with Crippen LogP contribution in [0.25, 0.3) is 0 Å². The Morgan fingerprint density at radius 3 is 2.67 bits per heavy atom. The van der Waals surface area contributed by atoms with Gasteiger partial charge in [0, 0.05) is 19.9 Å². The lowest BCUT2D eigenvalue weighted by Gasteiger charge is -2.06. The zero-order valence-electron chi connectivity index (χ0n) is 12.3. The smallest absolute Gasteiger partial charge is 0.142 e. The Kier molecular flexibility index (Phi) is 5.39. The van der Waals surface area contributed by atoms with Crippen LogP contribution in [0.1, 0.15) is 24.7 Å². The molecule has 0 bridgehead atoms. The molecule has 2 aromatic rings. The summed E-state index contributed by atoms with van der Waals surface area (Å²) in [4.78, 5) is 12.0. The van der Waals surface area contributed by atoms with Crippen molar-refractivity contribution in [1.29, 1.82) is 0 Å². The first-order valence-corrected chi connectivity index (χ1v) is 7.39. The number of aryl methyl sites for hydroxylation is 2. The van der Waals surface area contributed by atoms with Gasteiger partial charge in [0.05, 0.1) is 23.0 Å². The van der Waals surface area contributed by atoms with E-state index in [4.69, 9.17) is 16.3 Å². The summed E-state index contributed by atoms with van der Waals surface area (Å²) < 4.78 is 7.22. The summed E-state index contributed by atoms with van der Waals surface area (Å²) in [6.45, 7) is 2.37. The molecular weight excluding hydrogens is 288 g/mol. The maximum absolute atomic E-state index is 12.0. The number of hydrogen-bond donors (Lipinski definition) is 0. The Hall–Kier alpha value is -1.81. The van der Waals surface area contributed by atoms with Crippen LogP contribution in [0.4, 0.5) is 0 Å². The van der Waals surface area contributed by atoms with Gasteiger partial charge in [0.1, 0.15) is 11.5 Å². The average Bonchev–Trinajstić information content (AvgIpc) is 2.76. The number of para-hydroxylation sites is 1. The van der Waals surface area contributed by atoms with Crippen LogP contribution in [-0.4, -0.2) is 22.2 Å². The SMILES string of the molecule is CCc1nn(C)c(CC(=O)CCOc2ccccc2)c1Cl. The third kappa shape index (κ3) is 4.08. The Bertz CT molecular complexity index is 608. The largest absolute Gasteiger partial charge is 0.493 e. The minimum Gasteiger partial charge on any atom is -0.493 e. The predicted molar refractivity (Wildman–Crippen MR) is 82.9 cm³/mol. The van der Waals surface area contributed by atoms with Crippen molar-refractivity contribution >= 4 is 17.4 Å². The van der Waals surface area contributed by atoms with Crippen LogP contribution < -0.4 is 4.74 Å². The maximum atomic E-state index is 12.0. The van der Waals surface area contributed by atoms with Crippen LogP contribution in [0.15, 0.2) is 30.3 Å². The lowest BCUT2D eigenvalue weighted by molar-refractivity contribution is -0.119. The first-order chi connectivity index (χ1) is 10.1. The highest BCUT2D eigenvalue weighted by molar-refractivity contribution is 6.32. The third-order valence-electron chi connectivity index (χ3n) is 3.26. The van der Waals surface area contributed by atoms with Gasteiger partial charge in [-0.3, -0.25) is 9.48 Å². The molecule has 4 nitrogen and oxygen atoms in total. The summed E-state index contributed by atoms with van der Waals surface area (Å²) in [7, 11) is 1.81. The molecule has 0 spiro atoms. The number of carbonyl (C=O) groups excluding carboxylic acids is 1. The molecule has 1 aromatic carbocycles. The van der Waals surface area contributed by atoms with Gasteiger partial charge in [-0.25, -0.2) is 0 Å². The number of aromatic nitrogens is 2. The Labute approximate surface area is 129 Å². The van der Waals surface area contributed by atoms with Crippen molar-refractivity contribution in [3.05, 3.63) is 46.7 Å². The second kappa shape index (κ2) is 7.27. The van der Waals surface area contributed by atoms with E-state index in [1.807, 2.05) is 44.3 Å². The van der Waals surface area contributed by atoms with Gasteiger partial charge in [0.2, 0.25) is 0 Å². The van der Waals surface area contributed by atoms with Crippen LogP contribution in [-0.2, 0) is 24.7 Å². The number of halogens is 1. The molecule has 0 atom stereocenters. The summed E-state index contributed by atoms with van der Waals surface area (Å²) in [5.74, 6) is 0.871. The van der Waals surface area contributed by atoms with Gasteiger partial charge in [-0.1, -0.05) is 36.7 Å². The second-order valence-electron chi connectivity index (χ2n) is 4.81. The van der Waals surface area contributed by atoms with Crippen LogP contribution in [0, 0.1) is 0 Å². The summed E-state index contributed by atoms with van der Waals surface area (Å²) in [6, 6.07) is 9.47. The highest BCUT2D eigenvalue weighted by atomic mass is 35.5. The van der Waals surface area contributed by atoms with E-state index in [2.05, 4.69) is 5.10 Å². The van der Waals surface area contributed by atoms with Crippen molar-refractivity contribution in [2.45, 2.75) is 26.2 Å². The highest BCUT2D eigenvalue weighted by Crippen LogP contribution is 2.21. The maximum Gasteiger partial charge on any atom is 0.142 e. The van der Waals surface area contributed by atoms with E-state index in [0.29, 0.717) is 24.5 Å². The molecule has 5 heteroatoms. The Balaban J connectivity index is 1.86. The minimum absolute atomic E-state index is 0.0958. The van der Waals surface area contributed by atoms with Gasteiger partial charge in [-0.05, 0) is 18.6 Å². The van der Waals surface area contributed by atoms with E-state index >= 15 is 0 Å². The van der Waals surface area contributed by atoms with Crippen molar-refractivity contribution in [2.24, 2.45) is 7.05 Å². The molecule has 0 aliphatic heterocycles. The molecule has 0 N–H and O–H groups in total. The fourth-order valence-corrected chi connectivity index (χ4v) is 2.45. The van der Waals surface area contributed by atoms with Gasteiger partial charge >= 0.3 is 0 Å². The molecule has 112 valence electrons. The van der Waals surface area contributed by atoms with Gasteiger partial charge in [0.25, 0.3) is 0 Å². The summed E-state index contributed by atoms with van der Waals surface area (Å²) in [5, 5.41) is 4.92. The molecule has 1 aromatic heterocycles. The Morgan fingerprint density at radius 2 is 2.05 bits per heavy atom. The lowest BCUT2D eigenvalue weighted by Crippen LogP contribution is -2.11. The van der Waals surface area contributed by atoms with Gasteiger partial charge in [0.15, 0.2) is 0 Å². The van der Waals surface area contributed by atoms with Crippen LogP contribution in [0.5, 0.6) is 5.75 Å². The minimum atomic E-state index is 0.0958. The van der Waals surface area contributed by atoms with Crippen LogP contribution in [0.2, 0.25) is 5.02 Å². The fraction of sp³-hybridized carbons (Fsp3) is 0.375. The van der Waals surface area contributed by atoms with Gasteiger partial charge < -0.3 is 4.74 Å². The highest BCUT2D eigenvalue weighted by Gasteiger charge is 2.16. The number of ketones is 1. The molecule has 0 fully saturated rings.